The molecule has 2 N–H and O–H groups in total. The predicted octanol–water partition coefficient (Wildman–Crippen LogP) is 2.54. The summed E-state index contributed by atoms with van der Waals surface area (Å²) < 4.78 is 10.9. The van der Waals surface area contributed by atoms with Crippen molar-refractivity contribution < 1.29 is 9.47 Å². The molecule has 3 atom stereocenters. The van der Waals surface area contributed by atoms with Gasteiger partial charge in [0.25, 0.3) is 0 Å². The summed E-state index contributed by atoms with van der Waals surface area (Å²) in [5, 5.41) is 0. The third-order valence-electron chi connectivity index (χ3n) is 3.19. The van der Waals surface area contributed by atoms with Gasteiger partial charge < -0.3 is 15.2 Å². The summed E-state index contributed by atoms with van der Waals surface area (Å²) in [7, 11) is 1.62. The van der Waals surface area contributed by atoms with E-state index in [-0.39, 0.29) is 23.9 Å². The van der Waals surface area contributed by atoms with E-state index in [0.29, 0.717) is 0 Å². The average Bonchev–Trinajstić information content (AvgIpc) is 2.24. The van der Waals surface area contributed by atoms with Gasteiger partial charge in [0.05, 0.1) is 12.2 Å². The van der Waals surface area contributed by atoms with Gasteiger partial charge in [-0.1, -0.05) is 27.7 Å². The average molecular weight is 217 g/mol. The molecule has 1 rings (SSSR count). The first kappa shape index (κ1) is 14.9. The van der Waals surface area contributed by atoms with Crippen LogP contribution in [0.5, 0.6) is 0 Å². The normalized spacial score (nSPS) is 31.4. The summed E-state index contributed by atoms with van der Waals surface area (Å²) in [6.45, 7) is 10.6. The largest absolute Gasteiger partial charge is 0.371 e. The van der Waals surface area contributed by atoms with Crippen LogP contribution in [0.3, 0.4) is 0 Å². The molecule has 0 amide bonds. The lowest BCUT2D eigenvalue weighted by atomic mass is 9.79. The van der Waals surface area contributed by atoms with Crippen LogP contribution in [-0.4, -0.2) is 25.5 Å². The van der Waals surface area contributed by atoms with Crippen molar-refractivity contribution in [1.82, 2.24) is 0 Å². The first-order chi connectivity index (χ1) is 6.97. The molecule has 0 spiro atoms. The molecular weight excluding hydrogens is 190 g/mol. The molecule has 0 saturated carbocycles. The maximum absolute atomic E-state index is 5.80. The second-order valence-electron chi connectivity index (χ2n) is 4.54. The maximum atomic E-state index is 5.80. The Morgan fingerprint density at radius 2 is 1.93 bits per heavy atom. The Morgan fingerprint density at radius 3 is 2.33 bits per heavy atom. The van der Waals surface area contributed by atoms with Crippen LogP contribution >= 0.6 is 0 Å². The van der Waals surface area contributed by atoms with Crippen LogP contribution in [0.2, 0.25) is 0 Å². The molecule has 0 aliphatic carbocycles. The molecule has 0 radical (unpaired) electrons. The highest BCUT2D eigenvalue weighted by Crippen LogP contribution is 2.36. The smallest absolute Gasteiger partial charge is 0.131 e. The zero-order chi connectivity index (χ0) is 12.1. The Morgan fingerprint density at radius 1 is 1.40 bits per heavy atom. The van der Waals surface area contributed by atoms with E-state index in [4.69, 9.17) is 15.2 Å². The van der Waals surface area contributed by atoms with E-state index in [2.05, 4.69) is 20.8 Å². The van der Waals surface area contributed by atoms with E-state index >= 15 is 0 Å². The van der Waals surface area contributed by atoms with E-state index in [1.54, 1.807) is 7.11 Å². The van der Waals surface area contributed by atoms with E-state index < -0.39 is 0 Å². The highest BCUT2D eigenvalue weighted by Gasteiger charge is 2.36. The third kappa shape index (κ3) is 4.09. The van der Waals surface area contributed by atoms with Gasteiger partial charge in [-0.15, -0.1) is 0 Å². The number of hydrogen-bond acceptors (Lipinski definition) is 3. The lowest BCUT2D eigenvalue weighted by Crippen LogP contribution is -2.47. The van der Waals surface area contributed by atoms with E-state index in [0.717, 1.165) is 12.8 Å². The zero-order valence-electron chi connectivity index (χ0n) is 11.0. The van der Waals surface area contributed by atoms with Crippen LogP contribution < -0.4 is 5.73 Å². The van der Waals surface area contributed by atoms with Gasteiger partial charge in [-0.05, 0) is 25.2 Å². The van der Waals surface area contributed by atoms with Gasteiger partial charge in [0.15, 0.2) is 0 Å². The standard InChI is InChI=1S/C10H21NO2.C2H6/c1-7-10(2,3)6-5-8(13-7)9(11)12-4;1-2/h7-9H,5-6,11H2,1-4H3;1-2H3. The van der Waals surface area contributed by atoms with Gasteiger partial charge in [0.2, 0.25) is 0 Å². The van der Waals surface area contributed by atoms with Gasteiger partial charge in [-0.3, -0.25) is 0 Å². The van der Waals surface area contributed by atoms with Crippen LogP contribution in [0, 0.1) is 5.41 Å². The first-order valence-corrected chi connectivity index (χ1v) is 5.91. The van der Waals surface area contributed by atoms with Crippen LogP contribution in [0.1, 0.15) is 47.5 Å². The molecule has 3 heteroatoms. The topological polar surface area (TPSA) is 44.5 Å². The Labute approximate surface area is 94.3 Å². The quantitative estimate of drug-likeness (QED) is 0.723. The van der Waals surface area contributed by atoms with E-state index in [1.807, 2.05) is 13.8 Å². The lowest BCUT2D eigenvalue weighted by Gasteiger charge is -2.41. The lowest BCUT2D eigenvalue weighted by molar-refractivity contribution is -0.151. The van der Waals surface area contributed by atoms with Crippen molar-refractivity contribution in [1.29, 1.82) is 0 Å². The molecule has 92 valence electrons. The summed E-state index contributed by atoms with van der Waals surface area (Å²) in [6, 6.07) is 0. The Hall–Kier alpha value is -0.120. The fourth-order valence-electron chi connectivity index (χ4n) is 1.63. The number of nitrogens with two attached hydrogens (primary N) is 1. The summed E-state index contributed by atoms with van der Waals surface area (Å²) in [5.74, 6) is 0. The van der Waals surface area contributed by atoms with Crippen molar-refractivity contribution in [2.45, 2.75) is 65.9 Å². The maximum Gasteiger partial charge on any atom is 0.131 e. The van der Waals surface area contributed by atoms with Crippen LogP contribution in [0.15, 0.2) is 0 Å². The van der Waals surface area contributed by atoms with Crippen LogP contribution in [0.4, 0.5) is 0 Å². The SMILES string of the molecule is CC.COC(N)C1CCC(C)(C)C(C)O1. The van der Waals surface area contributed by atoms with Gasteiger partial charge in [-0.2, -0.15) is 0 Å². The minimum absolute atomic E-state index is 0.0630. The minimum atomic E-state index is -0.279. The Balaban J connectivity index is 0.000000921. The van der Waals surface area contributed by atoms with Crippen molar-refractivity contribution in [3.63, 3.8) is 0 Å². The molecule has 3 unspecified atom stereocenters. The van der Waals surface area contributed by atoms with Crippen molar-refractivity contribution in [2.75, 3.05) is 7.11 Å². The number of hydrogen-bond donors (Lipinski definition) is 1. The minimum Gasteiger partial charge on any atom is -0.371 e. The van der Waals surface area contributed by atoms with Crippen molar-refractivity contribution in [2.24, 2.45) is 11.1 Å². The van der Waals surface area contributed by atoms with Gasteiger partial charge >= 0.3 is 0 Å². The summed E-state index contributed by atoms with van der Waals surface area (Å²) in [5.41, 5.74) is 6.02. The fourth-order valence-corrected chi connectivity index (χ4v) is 1.63. The van der Waals surface area contributed by atoms with Crippen molar-refractivity contribution >= 4 is 0 Å². The number of ether oxygens (including phenoxy) is 2. The van der Waals surface area contributed by atoms with E-state index in [1.165, 1.54) is 0 Å². The third-order valence-corrected chi connectivity index (χ3v) is 3.19. The molecule has 1 saturated heterocycles. The number of rotatable bonds is 2. The van der Waals surface area contributed by atoms with Crippen LogP contribution in [0.25, 0.3) is 0 Å². The fraction of sp³-hybridized carbons (Fsp3) is 1.00. The molecule has 1 heterocycles. The second kappa shape index (κ2) is 6.46. The molecule has 15 heavy (non-hydrogen) atoms. The molecule has 1 fully saturated rings. The highest BCUT2D eigenvalue weighted by atomic mass is 16.5. The predicted molar refractivity (Wildman–Crippen MR) is 63.7 cm³/mol. The van der Waals surface area contributed by atoms with Gasteiger partial charge in [0.1, 0.15) is 6.23 Å². The molecule has 0 aromatic rings. The van der Waals surface area contributed by atoms with Gasteiger partial charge in [0, 0.05) is 7.11 Å². The van der Waals surface area contributed by atoms with E-state index in [9.17, 15) is 0 Å². The molecule has 0 bridgehead atoms. The Kier molecular flexibility index (Phi) is 6.41. The molecule has 1 aliphatic rings. The number of methoxy groups -OCH3 is 1. The second-order valence-corrected chi connectivity index (χ2v) is 4.54. The summed E-state index contributed by atoms with van der Waals surface area (Å²) in [6.07, 6.45) is 2.18. The molecule has 0 aromatic heterocycles. The molecule has 1 aliphatic heterocycles. The van der Waals surface area contributed by atoms with Crippen LogP contribution in [-0.2, 0) is 9.47 Å². The zero-order valence-corrected chi connectivity index (χ0v) is 11.0. The van der Waals surface area contributed by atoms with Crippen molar-refractivity contribution in [3.8, 4) is 0 Å². The molecule has 0 aromatic carbocycles. The van der Waals surface area contributed by atoms with Gasteiger partial charge in [-0.25, -0.2) is 0 Å². The highest BCUT2D eigenvalue weighted by molar-refractivity contribution is 4.84. The molecule has 3 nitrogen and oxygen atoms in total. The monoisotopic (exact) mass is 217 g/mol. The Bertz CT molecular complexity index is 171. The first-order valence-electron chi connectivity index (χ1n) is 5.91. The summed E-state index contributed by atoms with van der Waals surface area (Å²) in [4.78, 5) is 0. The van der Waals surface area contributed by atoms with Crippen molar-refractivity contribution in [3.05, 3.63) is 0 Å². The summed E-state index contributed by atoms with van der Waals surface area (Å²) >= 11 is 0. The molecular formula is C12H27NO2.